The molecule has 0 bridgehead atoms. The molecule has 1 aliphatic rings. The molecule has 18 heavy (non-hydrogen) atoms. The second-order valence-corrected chi connectivity index (χ2v) is 4.20. The van der Waals surface area contributed by atoms with Gasteiger partial charge in [-0.3, -0.25) is 0 Å². The van der Waals surface area contributed by atoms with E-state index in [1.807, 2.05) is 0 Å². The normalized spacial score (nSPS) is 14.0. The number of rotatable bonds is 2. The highest BCUT2D eigenvalue weighted by Crippen LogP contribution is 2.32. The number of methoxy groups -OCH3 is 2. The van der Waals surface area contributed by atoms with Crippen LogP contribution in [0.5, 0.6) is 11.5 Å². The molecule has 0 aliphatic carbocycles. The molecule has 0 amide bonds. The summed E-state index contributed by atoms with van der Waals surface area (Å²) in [6.07, 6.45) is 1.84. The summed E-state index contributed by atoms with van der Waals surface area (Å²) in [6, 6.07) is 4.19. The summed E-state index contributed by atoms with van der Waals surface area (Å²) in [5.74, 6) is 1.66. The summed E-state index contributed by atoms with van der Waals surface area (Å²) in [5.41, 5.74) is 2.73. The molecule has 100 valence electrons. The van der Waals surface area contributed by atoms with Crippen LogP contribution in [0.15, 0.2) is 12.1 Å². The van der Waals surface area contributed by atoms with Crippen molar-refractivity contribution in [1.29, 1.82) is 0 Å². The topological polar surface area (TPSA) is 38.8 Å². The van der Waals surface area contributed by atoms with Crippen LogP contribution in [-0.2, 0) is 17.8 Å². The van der Waals surface area contributed by atoms with Crippen molar-refractivity contribution in [2.24, 2.45) is 0 Å². The quantitative estimate of drug-likeness (QED) is 0.753. The minimum Gasteiger partial charge on any atom is -0.493 e. The minimum absolute atomic E-state index is 0.750. The average Bonchev–Trinajstić information content (AvgIpc) is 2.38. The van der Waals surface area contributed by atoms with Crippen LogP contribution in [0.25, 0.3) is 0 Å². The highest BCUT2D eigenvalue weighted by atomic mass is 16.5. The number of nitrogens with zero attached hydrogens (tertiary/aromatic N) is 1. The smallest absolute Gasteiger partial charge is 0.161 e. The van der Waals surface area contributed by atoms with Gasteiger partial charge < -0.3 is 19.2 Å². The molecule has 1 aromatic rings. The summed E-state index contributed by atoms with van der Waals surface area (Å²) < 4.78 is 10.6. The van der Waals surface area contributed by atoms with Crippen molar-refractivity contribution in [3.05, 3.63) is 23.3 Å². The van der Waals surface area contributed by atoms with Gasteiger partial charge >= 0.3 is 0 Å². The van der Waals surface area contributed by atoms with Crippen LogP contribution in [0, 0.1) is 0 Å². The van der Waals surface area contributed by atoms with Gasteiger partial charge in [0.05, 0.1) is 14.2 Å². The van der Waals surface area contributed by atoms with Crippen LogP contribution in [0.4, 0.5) is 0 Å². The first-order valence-corrected chi connectivity index (χ1v) is 5.98. The van der Waals surface area contributed by atoms with Crippen molar-refractivity contribution in [2.75, 3.05) is 27.8 Å². The standard InChI is InChI=1S/C12H17NO2.C2H4O/c1-13-5-4-9-6-11(14-2)12(15-3)7-10(9)8-13;1-2-3/h6-7H,4-5,8H2,1-3H3;2H,1H3. The molecule has 1 heterocycles. The van der Waals surface area contributed by atoms with Crippen LogP contribution in [0.2, 0.25) is 0 Å². The van der Waals surface area contributed by atoms with Gasteiger partial charge in [0.2, 0.25) is 0 Å². The molecule has 4 heteroatoms. The molecule has 0 aromatic heterocycles. The van der Waals surface area contributed by atoms with E-state index in [4.69, 9.17) is 14.3 Å². The zero-order valence-electron chi connectivity index (χ0n) is 11.5. The molecule has 0 saturated heterocycles. The third-order valence-electron chi connectivity index (χ3n) is 2.91. The molecule has 0 radical (unpaired) electrons. The van der Waals surface area contributed by atoms with Crippen molar-refractivity contribution >= 4 is 6.29 Å². The van der Waals surface area contributed by atoms with Gasteiger partial charge in [-0.25, -0.2) is 0 Å². The fraction of sp³-hybridized carbons (Fsp3) is 0.500. The van der Waals surface area contributed by atoms with E-state index in [-0.39, 0.29) is 0 Å². The number of hydrogen-bond acceptors (Lipinski definition) is 4. The van der Waals surface area contributed by atoms with Crippen LogP contribution in [-0.4, -0.2) is 39.0 Å². The lowest BCUT2D eigenvalue weighted by Gasteiger charge is -2.26. The molecule has 0 saturated carbocycles. The lowest BCUT2D eigenvalue weighted by Crippen LogP contribution is -2.26. The van der Waals surface area contributed by atoms with Crippen molar-refractivity contribution in [2.45, 2.75) is 19.9 Å². The van der Waals surface area contributed by atoms with Crippen molar-refractivity contribution in [3.8, 4) is 11.5 Å². The Morgan fingerprint density at radius 1 is 1.17 bits per heavy atom. The average molecular weight is 251 g/mol. The monoisotopic (exact) mass is 251 g/mol. The zero-order valence-corrected chi connectivity index (χ0v) is 11.5. The molecule has 0 unspecified atom stereocenters. The maximum absolute atomic E-state index is 8.81. The summed E-state index contributed by atoms with van der Waals surface area (Å²) in [7, 11) is 5.50. The Bertz CT molecular complexity index is 404. The SMILES string of the molecule is CC=O.COc1cc2c(cc1OC)CN(C)CC2. The second-order valence-electron chi connectivity index (χ2n) is 4.20. The van der Waals surface area contributed by atoms with E-state index in [1.165, 1.54) is 18.1 Å². The summed E-state index contributed by atoms with van der Waals surface area (Å²) in [6.45, 7) is 3.55. The zero-order chi connectivity index (χ0) is 13.5. The van der Waals surface area contributed by atoms with E-state index in [2.05, 4.69) is 24.1 Å². The number of aldehydes is 1. The number of hydrogen-bond donors (Lipinski definition) is 0. The third kappa shape index (κ3) is 3.47. The number of fused-ring (bicyclic) bond motifs is 1. The second kappa shape index (κ2) is 7.01. The Morgan fingerprint density at radius 2 is 1.67 bits per heavy atom. The van der Waals surface area contributed by atoms with Gasteiger partial charge in [-0.2, -0.15) is 0 Å². The van der Waals surface area contributed by atoms with Crippen LogP contribution in [0.3, 0.4) is 0 Å². The Kier molecular flexibility index (Phi) is 5.65. The largest absolute Gasteiger partial charge is 0.493 e. The summed E-state index contributed by atoms with van der Waals surface area (Å²) in [5, 5.41) is 0. The number of carbonyl (C=O) groups excluding carboxylic acids is 1. The van der Waals surface area contributed by atoms with Gasteiger partial charge in [-0.05, 0) is 43.7 Å². The van der Waals surface area contributed by atoms with Gasteiger partial charge in [-0.15, -0.1) is 0 Å². The van der Waals surface area contributed by atoms with E-state index in [9.17, 15) is 0 Å². The van der Waals surface area contributed by atoms with E-state index >= 15 is 0 Å². The first-order chi connectivity index (χ1) is 8.65. The van der Waals surface area contributed by atoms with E-state index in [1.54, 1.807) is 14.2 Å². The lowest BCUT2D eigenvalue weighted by atomic mass is 9.99. The third-order valence-corrected chi connectivity index (χ3v) is 2.91. The molecule has 0 spiro atoms. The molecule has 0 atom stereocenters. The molecular formula is C14H21NO3. The van der Waals surface area contributed by atoms with Crippen molar-refractivity contribution in [3.63, 3.8) is 0 Å². The van der Waals surface area contributed by atoms with Gasteiger partial charge in [0.15, 0.2) is 11.5 Å². The Morgan fingerprint density at radius 3 is 2.17 bits per heavy atom. The number of likely N-dealkylation sites (N-methyl/N-ethyl adjacent to an activating group) is 1. The molecular weight excluding hydrogens is 230 g/mol. The van der Waals surface area contributed by atoms with Crippen LogP contribution in [0.1, 0.15) is 18.1 Å². The molecule has 2 rings (SSSR count). The van der Waals surface area contributed by atoms with Gasteiger partial charge in [-0.1, -0.05) is 0 Å². The summed E-state index contributed by atoms with van der Waals surface area (Å²) in [4.78, 5) is 11.1. The number of ether oxygens (including phenoxy) is 2. The predicted octanol–water partition coefficient (Wildman–Crippen LogP) is 1.90. The Balaban J connectivity index is 0.000000492. The highest BCUT2D eigenvalue weighted by Gasteiger charge is 2.16. The first kappa shape index (κ1) is 14.5. The molecule has 1 aromatic carbocycles. The van der Waals surface area contributed by atoms with E-state index < -0.39 is 0 Å². The first-order valence-electron chi connectivity index (χ1n) is 5.98. The van der Waals surface area contributed by atoms with E-state index in [0.29, 0.717) is 0 Å². The molecule has 4 nitrogen and oxygen atoms in total. The fourth-order valence-electron chi connectivity index (χ4n) is 2.02. The number of benzene rings is 1. The lowest BCUT2D eigenvalue weighted by molar-refractivity contribution is -0.106. The maximum Gasteiger partial charge on any atom is 0.161 e. The van der Waals surface area contributed by atoms with Gasteiger partial charge in [0, 0.05) is 13.1 Å². The molecule has 0 N–H and O–H groups in total. The predicted molar refractivity (Wildman–Crippen MR) is 71.3 cm³/mol. The van der Waals surface area contributed by atoms with Gasteiger partial charge in [0.1, 0.15) is 6.29 Å². The van der Waals surface area contributed by atoms with Crippen LogP contribution >= 0.6 is 0 Å². The number of carbonyl (C=O) groups is 1. The fourth-order valence-corrected chi connectivity index (χ4v) is 2.02. The van der Waals surface area contributed by atoms with E-state index in [0.717, 1.165) is 37.3 Å². The highest BCUT2D eigenvalue weighted by molar-refractivity contribution is 5.48. The van der Waals surface area contributed by atoms with Crippen molar-refractivity contribution < 1.29 is 14.3 Å². The Labute approximate surface area is 108 Å². The minimum atomic E-state index is 0.750. The summed E-state index contributed by atoms with van der Waals surface area (Å²) >= 11 is 0. The Hall–Kier alpha value is -1.55. The maximum atomic E-state index is 8.81. The van der Waals surface area contributed by atoms with Gasteiger partial charge in [0.25, 0.3) is 0 Å². The van der Waals surface area contributed by atoms with Crippen LogP contribution < -0.4 is 9.47 Å². The molecule has 0 fully saturated rings. The molecule has 1 aliphatic heterocycles. The van der Waals surface area contributed by atoms with Crippen molar-refractivity contribution in [1.82, 2.24) is 4.90 Å².